The van der Waals surface area contributed by atoms with Crippen LogP contribution in [-0.2, 0) is 11.3 Å². The van der Waals surface area contributed by atoms with Crippen LogP contribution in [0.15, 0.2) is 6.20 Å². The van der Waals surface area contributed by atoms with Crippen LogP contribution in [-0.4, -0.2) is 63.4 Å². The Morgan fingerprint density at radius 2 is 2.42 bits per heavy atom. The average molecular weight is 284 g/mol. The molecule has 5 nitrogen and oxygen atoms in total. The third-order valence-electron chi connectivity index (χ3n) is 3.49. The minimum Gasteiger partial charge on any atom is -0.383 e. The van der Waals surface area contributed by atoms with Gasteiger partial charge < -0.3 is 19.9 Å². The van der Waals surface area contributed by atoms with E-state index in [0.29, 0.717) is 6.04 Å². The lowest BCUT2D eigenvalue weighted by atomic mass is 10.2. The molecule has 1 aromatic heterocycles. The summed E-state index contributed by atoms with van der Waals surface area (Å²) in [5, 5.41) is 4.51. The fraction of sp³-hybridized carbons (Fsp3) is 0.769. The molecule has 108 valence electrons. The zero-order valence-electron chi connectivity index (χ0n) is 12.1. The molecule has 0 aromatic carbocycles. The van der Waals surface area contributed by atoms with Crippen molar-refractivity contribution in [1.82, 2.24) is 15.2 Å². The van der Waals surface area contributed by atoms with Gasteiger partial charge in [-0.05, 0) is 20.5 Å². The molecule has 0 aliphatic carbocycles. The Morgan fingerprint density at radius 1 is 1.58 bits per heavy atom. The molecule has 6 heteroatoms. The van der Waals surface area contributed by atoms with Gasteiger partial charge in [0.2, 0.25) is 0 Å². The van der Waals surface area contributed by atoms with E-state index in [1.165, 1.54) is 11.3 Å². The van der Waals surface area contributed by atoms with Crippen molar-refractivity contribution in [2.24, 2.45) is 0 Å². The van der Waals surface area contributed by atoms with Crippen LogP contribution in [0, 0.1) is 0 Å². The highest BCUT2D eigenvalue weighted by molar-refractivity contribution is 7.15. The first-order chi connectivity index (χ1) is 9.20. The average Bonchev–Trinajstić information content (AvgIpc) is 3.03. The van der Waals surface area contributed by atoms with Crippen LogP contribution in [0.4, 0.5) is 5.13 Å². The molecule has 1 N–H and O–H groups in total. The summed E-state index contributed by atoms with van der Waals surface area (Å²) in [7, 11) is 6.03. The van der Waals surface area contributed by atoms with Crippen molar-refractivity contribution in [2.75, 3.05) is 52.3 Å². The number of methoxy groups -OCH3 is 1. The van der Waals surface area contributed by atoms with E-state index in [1.807, 2.05) is 6.20 Å². The molecule has 2 heterocycles. The molecular weight excluding hydrogens is 260 g/mol. The molecule has 1 fully saturated rings. The third kappa shape index (κ3) is 4.14. The zero-order valence-corrected chi connectivity index (χ0v) is 12.9. The van der Waals surface area contributed by atoms with Crippen LogP contribution in [0.5, 0.6) is 0 Å². The number of thiazole rings is 1. The molecule has 0 radical (unpaired) electrons. The highest BCUT2D eigenvalue weighted by atomic mass is 32.1. The highest BCUT2D eigenvalue weighted by Crippen LogP contribution is 2.26. The summed E-state index contributed by atoms with van der Waals surface area (Å²) >= 11 is 1.79. The van der Waals surface area contributed by atoms with Gasteiger partial charge in [-0.25, -0.2) is 4.98 Å². The summed E-state index contributed by atoms with van der Waals surface area (Å²) in [5.74, 6) is 0. The molecule has 0 saturated carbocycles. The van der Waals surface area contributed by atoms with E-state index < -0.39 is 0 Å². The van der Waals surface area contributed by atoms with E-state index in [1.54, 1.807) is 18.4 Å². The number of nitrogens with one attached hydrogen (secondary N) is 1. The first-order valence-electron chi connectivity index (χ1n) is 6.76. The molecule has 0 spiro atoms. The molecule has 1 saturated heterocycles. The summed E-state index contributed by atoms with van der Waals surface area (Å²) in [4.78, 5) is 10.5. The molecular formula is C13H24N4OS. The second-order valence-corrected chi connectivity index (χ2v) is 6.22. The molecule has 1 atom stereocenters. The van der Waals surface area contributed by atoms with E-state index in [0.717, 1.165) is 37.9 Å². The lowest BCUT2D eigenvalue weighted by Gasteiger charge is -2.19. The maximum absolute atomic E-state index is 5.01. The third-order valence-corrected chi connectivity index (χ3v) is 4.55. The van der Waals surface area contributed by atoms with Gasteiger partial charge >= 0.3 is 0 Å². The summed E-state index contributed by atoms with van der Waals surface area (Å²) < 4.78 is 5.01. The van der Waals surface area contributed by atoms with Gasteiger partial charge in [0.15, 0.2) is 5.13 Å². The summed E-state index contributed by atoms with van der Waals surface area (Å²) in [5.41, 5.74) is 0. The Bertz CT molecular complexity index is 382. The Morgan fingerprint density at radius 3 is 3.11 bits per heavy atom. The SMILES string of the molecule is COCCNCc1cnc(N2CCC(N(C)C)C2)s1. The topological polar surface area (TPSA) is 40.6 Å². The quantitative estimate of drug-likeness (QED) is 0.757. The fourth-order valence-electron chi connectivity index (χ4n) is 2.25. The maximum atomic E-state index is 5.01. The number of ether oxygens (including phenoxy) is 1. The van der Waals surface area contributed by atoms with E-state index in [2.05, 4.69) is 34.2 Å². The number of likely N-dealkylation sites (N-methyl/N-ethyl adjacent to an activating group) is 1. The van der Waals surface area contributed by atoms with Crippen molar-refractivity contribution in [1.29, 1.82) is 0 Å². The van der Waals surface area contributed by atoms with Crippen molar-refractivity contribution in [2.45, 2.75) is 19.0 Å². The Labute approximate surface area is 119 Å². The van der Waals surface area contributed by atoms with Crippen LogP contribution in [0.25, 0.3) is 0 Å². The molecule has 2 rings (SSSR count). The summed E-state index contributed by atoms with van der Waals surface area (Å²) in [6.07, 6.45) is 3.22. The number of hydrogen-bond acceptors (Lipinski definition) is 6. The predicted molar refractivity (Wildman–Crippen MR) is 80.0 cm³/mol. The maximum Gasteiger partial charge on any atom is 0.185 e. The van der Waals surface area contributed by atoms with Gasteiger partial charge in [0.1, 0.15) is 0 Å². The second-order valence-electron chi connectivity index (χ2n) is 5.13. The normalized spacial score (nSPS) is 19.6. The van der Waals surface area contributed by atoms with Crippen molar-refractivity contribution in [3.05, 3.63) is 11.1 Å². The van der Waals surface area contributed by atoms with E-state index in [-0.39, 0.29) is 0 Å². The van der Waals surface area contributed by atoms with Gasteiger partial charge in [-0.15, -0.1) is 11.3 Å². The minimum absolute atomic E-state index is 0.659. The van der Waals surface area contributed by atoms with Crippen LogP contribution < -0.4 is 10.2 Å². The monoisotopic (exact) mass is 284 g/mol. The molecule has 1 aliphatic heterocycles. The predicted octanol–water partition coefficient (Wildman–Crippen LogP) is 1.02. The minimum atomic E-state index is 0.659. The second kappa shape index (κ2) is 7.19. The van der Waals surface area contributed by atoms with Gasteiger partial charge in [-0.2, -0.15) is 0 Å². The number of rotatable bonds is 7. The van der Waals surface area contributed by atoms with E-state index >= 15 is 0 Å². The van der Waals surface area contributed by atoms with Crippen molar-refractivity contribution < 1.29 is 4.74 Å². The lowest BCUT2D eigenvalue weighted by Crippen LogP contribution is -2.31. The van der Waals surface area contributed by atoms with E-state index in [4.69, 9.17) is 4.74 Å². The van der Waals surface area contributed by atoms with Gasteiger partial charge in [-0.1, -0.05) is 0 Å². The Hall–Kier alpha value is -0.690. The van der Waals surface area contributed by atoms with Crippen LogP contribution in [0.3, 0.4) is 0 Å². The van der Waals surface area contributed by atoms with Crippen LogP contribution in [0.2, 0.25) is 0 Å². The largest absolute Gasteiger partial charge is 0.383 e. The van der Waals surface area contributed by atoms with Gasteiger partial charge in [0.05, 0.1) is 6.61 Å². The van der Waals surface area contributed by atoms with Gasteiger partial charge in [0, 0.05) is 50.4 Å². The summed E-state index contributed by atoms with van der Waals surface area (Å²) in [6, 6.07) is 0.659. The highest BCUT2D eigenvalue weighted by Gasteiger charge is 2.25. The van der Waals surface area contributed by atoms with Gasteiger partial charge in [-0.3, -0.25) is 0 Å². The molecule has 19 heavy (non-hydrogen) atoms. The molecule has 1 aromatic rings. The Balaban J connectivity index is 1.81. The molecule has 1 unspecified atom stereocenters. The fourth-order valence-corrected chi connectivity index (χ4v) is 3.16. The number of hydrogen-bond donors (Lipinski definition) is 1. The smallest absolute Gasteiger partial charge is 0.185 e. The molecule has 0 amide bonds. The first-order valence-corrected chi connectivity index (χ1v) is 7.58. The van der Waals surface area contributed by atoms with Crippen molar-refractivity contribution in [3.63, 3.8) is 0 Å². The van der Waals surface area contributed by atoms with E-state index in [9.17, 15) is 0 Å². The zero-order chi connectivity index (χ0) is 13.7. The first kappa shape index (κ1) is 14.7. The van der Waals surface area contributed by atoms with Crippen LogP contribution >= 0.6 is 11.3 Å². The summed E-state index contributed by atoms with van der Waals surface area (Å²) in [6.45, 7) is 4.73. The number of aromatic nitrogens is 1. The van der Waals surface area contributed by atoms with Gasteiger partial charge in [0.25, 0.3) is 0 Å². The van der Waals surface area contributed by atoms with Crippen molar-refractivity contribution in [3.8, 4) is 0 Å². The molecule has 0 bridgehead atoms. The number of nitrogens with zero attached hydrogens (tertiary/aromatic N) is 3. The number of anilines is 1. The van der Waals surface area contributed by atoms with Crippen molar-refractivity contribution >= 4 is 16.5 Å². The molecule has 1 aliphatic rings. The lowest BCUT2D eigenvalue weighted by molar-refractivity contribution is 0.199. The van der Waals surface area contributed by atoms with Crippen LogP contribution in [0.1, 0.15) is 11.3 Å². The standard InChI is InChI=1S/C13H24N4OS/c1-16(2)11-4-6-17(10-11)13-15-9-12(19-13)8-14-5-7-18-3/h9,11,14H,4-8,10H2,1-3H3. The Kier molecular flexibility index (Phi) is 5.57.